The molecular weight excluding hydrogens is 305 g/mol. The van der Waals surface area contributed by atoms with Crippen molar-refractivity contribution in [3.63, 3.8) is 0 Å². The Hall–Kier alpha value is -0.740. The van der Waals surface area contributed by atoms with Crippen LogP contribution in [0.5, 0.6) is 0 Å². The monoisotopic (exact) mass is 317 g/mol. The molecule has 0 saturated heterocycles. The molecule has 1 saturated carbocycles. The predicted octanol–water partition coefficient (Wildman–Crippen LogP) is 3.47. The van der Waals surface area contributed by atoms with E-state index in [4.69, 9.17) is 16.3 Å². The summed E-state index contributed by atoms with van der Waals surface area (Å²) in [5.41, 5.74) is 0.819. The number of nitrogens with one attached hydrogen (secondary N) is 1. The van der Waals surface area contributed by atoms with Gasteiger partial charge in [0, 0.05) is 0 Å². The van der Waals surface area contributed by atoms with Gasteiger partial charge in [-0.25, -0.2) is 4.79 Å². The molecule has 92 valence electrons. The Morgan fingerprint density at radius 2 is 2.29 bits per heavy atom. The molecule has 3 nitrogen and oxygen atoms in total. The van der Waals surface area contributed by atoms with Crippen LogP contribution in [0.4, 0.5) is 5.69 Å². The van der Waals surface area contributed by atoms with Gasteiger partial charge in [0.2, 0.25) is 0 Å². The van der Waals surface area contributed by atoms with E-state index in [1.807, 2.05) is 12.1 Å². The summed E-state index contributed by atoms with van der Waals surface area (Å²) in [6.45, 7) is 0. The fourth-order valence-corrected chi connectivity index (χ4v) is 2.26. The normalized spacial score (nSPS) is 16.4. The third-order valence-electron chi connectivity index (χ3n) is 2.81. The summed E-state index contributed by atoms with van der Waals surface area (Å²) < 4.78 is 5.58. The standard InChI is InChI=1S/C12H13BrClNO2/c1-17-12(16)11(7-5-6-7)15-9-4-2-3-8(14)10(9)13/h2-4,7,11,15H,5-6H2,1H3. The average molecular weight is 319 g/mol. The molecule has 1 aromatic carbocycles. The van der Waals surface area contributed by atoms with Crippen molar-refractivity contribution >= 4 is 39.2 Å². The van der Waals surface area contributed by atoms with Crippen LogP contribution in [0.2, 0.25) is 5.02 Å². The van der Waals surface area contributed by atoms with Crippen molar-refractivity contribution in [2.24, 2.45) is 5.92 Å². The van der Waals surface area contributed by atoms with Crippen molar-refractivity contribution in [3.05, 3.63) is 27.7 Å². The minimum Gasteiger partial charge on any atom is -0.467 e. The highest BCUT2D eigenvalue weighted by Gasteiger charge is 2.37. The van der Waals surface area contributed by atoms with Gasteiger partial charge in [0.1, 0.15) is 6.04 Å². The molecule has 1 atom stereocenters. The lowest BCUT2D eigenvalue weighted by Crippen LogP contribution is -2.32. The molecule has 1 aromatic rings. The van der Waals surface area contributed by atoms with Crippen LogP contribution in [0.15, 0.2) is 22.7 Å². The van der Waals surface area contributed by atoms with Crippen molar-refractivity contribution in [2.75, 3.05) is 12.4 Å². The largest absolute Gasteiger partial charge is 0.467 e. The number of carbonyl (C=O) groups excluding carboxylic acids is 1. The fraction of sp³-hybridized carbons (Fsp3) is 0.417. The number of esters is 1. The molecule has 0 aliphatic heterocycles. The lowest BCUT2D eigenvalue weighted by molar-refractivity contribution is -0.142. The first kappa shape index (κ1) is 12.7. The number of rotatable bonds is 4. The zero-order chi connectivity index (χ0) is 12.4. The van der Waals surface area contributed by atoms with Crippen LogP contribution < -0.4 is 5.32 Å². The zero-order valence-electron chi connectivity index (χ0n) is 9.37. The molecule has 0 amide bonds. The summed E-state index contributed by atoms with van der Waals surface area (Å²) in [5.74, 6) is 0.146. The molecule has 1 aliphatic rings. The third-order valence-corrected chi connectivity index (χ3v) is 4.21. The fourth-order valence-electron chi connectivity index (χ4n) is 1.71. The Morgan fingerprint density at radius 3 is 2.88 bits per heavy atom. The number of halogens is 2. The molecule has 1 aliphatic carbocycles. The quantitative estimate of drug-likeness (QED) is 0.864. The van der Waals surface area contributed by atoms with Gasteiger partial charge in [0.25, 0.3) is 0 Å². The van der Waals surface area contributed by atoms with E-state index in [9.17, 15) is 4.79 Å². The third kappa shape index (κ3) is 2.93. The maximum absolute atomic E-state index is 11.7. The van der Waals surface area contributed by atoms with E-state index in [0.717, 1.165) is 23.0 Å². The van der Waals surface area contributed by atoms with Gasteiger partial charge in [-0.2, -0.15) is 0 Å². The Morgan fingerprint density at radius 1 is 1.59 bits per heavy atom. The predicted molar refractivity (Wildman–Crippen MR) is 71.3 cm³/mol. The van der Waals surface area contributed by atoms with Crippen LogP contribution in [0, 0.1) is 5.92 Å². The van der Waals surface area contributed by atoms with E-state index in [1.165, 1.54) is 7.11 Å². The molecule has 0 heterocycles. The van der Waals surface area contributed by atoms with E-state index in [-0.39, 0.29) is 12.0 Å². The van der Waals surface area contributed by atoms with Gasteiger partial charge in [0.15, 0.2) is 0 Å². The average Bonchev–Trinajstić information content (AvgIpc) is 3.14. The number of hydrogen-bond donors (Lipinski definition) is 1. The Bertz CT molecular complexity index is 435. The molecular formula is C12H13BrClNO2. The van der Waals surface area contributed by atoms with Crippen LogP contribution in [-0.4, -0.2) is 19.1 Å². The smallest absolute Gasteiger partial charge is 0.328 e. The minimum atomic E-state index is -0.283. The van der Waals surface area contributed by atoms with Gasteiger partial charge >= 0.3 is 5.97 Å². The number of benzene rings is 1. The molecule has 5 heteroatoms. The van der Waals surface area contributed by atoms with Gasteiger partial charge in [-0.15, -0.1) is 0 Å². The van der Waals surface area contributed by atoms with Gasteiger partial charge < -0.3 is 10.1 Å². The van der Waals surface area contributed by atoms with Gasteiger partial charge in [-0.05, 0) is 46.8 Å². The molecule has 0 bridgehead atoms. The van der Waals surface area contributed by atoms with Crippen LogP contribution in [-0.2, 0) is 9.53 Å². The zero-order valence-corrected chi connectivity index (χ0v) is 11.7. The second-order valence-corrected chi connectivity index (χ2v) is 5.28. The molecule has 0 spiro atoms. The first-order chi connectivity index (χ1) is 8.13. The first-order valence-electron chi connectivity index (χ1n) is 5.42. The maximum Gasteiger partial charge on any atom is 0.328 e. The topological polar surface area (TPSA) is 38.3 Å². The van der Waals surface area contributed by atoms with Gasteiger partial charge in [0.05, 0.1) is 22.3 Å². The van der Waals surface area contributed by atoms with Crippen molar-refractivity contribution in [2.45, 2.75) is 18.9 Å². The number of methoxy groups -OCH3 is 1. The van der Waals surface area contributed by atoms with E-state index >= 15 is 0 Å². The van der Waals surface area contributed by atoms with Crippen molar-refractivity contribution in [1.29, 1.82) is 0 Å². The summed E-state index contributed by atoms with van der Waals surface area (Å²) in [4.78, 5) is 11.7. The summed E-state index contributed by atoms with van der Waals surface area (Å²) >= 11 is 9.41. The maximum atomic E-state index is 11.7. The second-order valence-electron chi connectivity index (χ2n) is 4.08. The van der Waals surface area contributed by atoms with Crippen LogP contribution in [0.1, 0.15) is 12.8 Å². The van der Waals surface area contributed by atoms with Gasteiger partial charge in [-0.1, -0.05) is 17.7 Å². The van der Waals surface area contributed by atoms with Crippen LogP contribution in [0.25, 0.3) is 0 Å². The first-order valence-corrected chi connectivity index (χ1v) is 6.59. The number of carbonyl (C=O) groups is 1. The molecule has 17 heavy (non-hydrogen) atoms. The Balaban J connectivity index is 2.17. The molecule has 1 fully saturated rings. The molecule has 0 aromatic heterocycles. The summed E-state index contributed by atoms with van der Waals surface area (Å²) in [6.07, 6.45) is 2.12. The summed E-state index contributed by atoms with van der Waals surface area (Å²) in [7, 11) is 1.41. The van der Waals surface area contributed by atoms with Crippen LogP contribution in [0.3, 0.4) is 0 Å². The van der Waals surface area contributed by atoms with Crippen molar-refractivity contribution in [3.8, 4) is 0 Å². The molecule has 0 radical (unpaired) electrons. The Labute approximate surface area is 114 Å². The van der Waals surface area contributed by atoms with E-state index in [2.05, 4.69) is 21.2 Å². The van der Waals surface area contributed by atoms with Crippen molar-refractivity contribution < 1.29 is 9.53 Å². The number of anilines is 1. The highest BCUT2D eigenvalue weighted by molar-refractivity contribution is 9.10. The molecule has 1 unspecified atom stereocenters. The SMILES string of the molecule is COC(=O)C(Nc1cccc(Cl)c1Br)C1CC1. The highest BCUT2D eigenvalue weighted by Crippen LogP contribution is 2.37. The minimum absolute atomic E-state index is 0.223. The van der Waals surface area contributed by atoms with Crippen molar-refractivity contribution in [1.82, 2.24) is 0 Å². The summed E-state index contributed by atoms with van der Waals surface area (Å²) in [6, 6.07) is 5.24. The number of ether oxygens (including phenoxy) is 1. The molecule has 1 N–H and O–H groups in total. The molecule has 2 rings (SSSR count). The van der Waals surface area contributed by atoms with Crippen LogP contribution >= 0.6 is 27.5 Å². The highest BCUT2D eigenvalue weighted by atomic mass is 79.9. The summed E-state index contributed by atoms with van der Waals surface area (Å²) in [5, 5.41) is 3.81. The van der Waals surface area contributed by atoms with Gasteiger partial charge in [-0.3, -0.25) is 0 Å². The van der Waals surface area contributed by atoms with E-state index in [0.29, 0.717) is 10.9 Å². The Kier molecular flexibility index (Phi) is 3.94. The lowest BCUT2D eigenvalue weighted by atomic mass is 10.1. The number of hydrogen-bond acceptors (Lipinski definition) is 3. The van der Waals surface area contributed by atoms with E-state index in [1.54, 1.807) is 6.07 Å². The van der Waals surface area contributed by atoms with E-state index < -0.39 is 0 Å². The lowest BCUT2D eigenvalue weighted by Gasteiger charge is -2.18. The second kappa shape index (κ2) is 5.27.